The van der Waals surface area contributed by atoms with Gasteiger partial charge in [0, 0.05) is 11.6 Å². The Morgan fingerprint density at radius 3 is 2.32 bits per heavy atom. The van der Waals surface area contributed by atoms with Crippen molar-refractivity contribution in [3.63, 3.8) is 0 Å². The van der Waals surface area contributed by atoms with E-state index in [0.717, 1.165) is 12.1 Å². The predicted molar refractivity (Wildman–Crippen MR) is 114 cm³/mol. The Balaban J connectivity index is 1.89. The van der Waals surface area contributed by atoms with Gasteiger partial charge in [0.2, 0.25) is 5.91 Å². The Labute approximate surface area is 191 Å². The van der Waals surface area contributed by atoms with Crippen LogP contribution in [-0.2, 0) is 11.0 Å². The molecule has 0 fully saturated rings. The number of nitrogens with one attached hydrogen (secondary N) is 1. The van der Waals surface area contributed by atoms with Crippen LogP contribution in [0.4, 0.5) is 19.0 Å². The maximum Gasteiger partial charge on any atom is 0.416 e. The number of aromatic nitrogens is 2. The molecule has 2 amide bonds. The maximum atomic E-state index is 12.9. The van der Waals surface area contributed by atoms with Crippen molar-refractivity contribution in [1.29, 1.82) is 5.26 Å². The number of benzene rings is 2. The van der Waals surface area contributed by atoms with Gasteiger partial charge in [0.15, 0.2) is 5.82 Å². The Kier molecular flexibility index (Phi) is 6.67. The molecule has 0 saturated carbocycles. The van der Waals surface area contributed by atoms with Crippen LogP contribution < -0.4 is 21.5 Å². The van der Waals surface area contributed by atoms with Gasteiger partial charge >= 0.3 is 6.18 Å². The number of nitrogens with zero attached hydrogens (tertiary/aromatic N) is 3. The average molecular weight is 470 g/mol. The van der Waals surface area contributed by atoms with Crippen LogP contribution in [0.5, 0.6) is 11.5 Å². The maximum absolute atomic E-state index is 12.9. The molecule has 34 heavy (non-hydrogen) atoms. The van der Waals surface area contributed by atoms with Crippen molar-refractivity contribution in [2.45, 2.75) is 19.1 Å². The largest absolute Gasteiger partial charge is 0.456 e. The molecule has 1 atom stereocenters. The zero-order chi connectivity index (χ0) is 25.0. The van der Waals surface area contributed by atoms with E-state index in [4.69, 9.17) is 16.2 Å². The predicted octanol–water partition coefficient (Wildman–Crippen LogP) is 3.21. The Morgan fingerprint density at radius 1 is 1.09 bits per heavy atom. The third-order valence-electron chi connectivity index (χ3n) is 4.54. The molecule has 0 saturated heterocycles. The van der Waals surface area contributed by atoms with Crippen molar-refractivity contribution in [1.82, 2.24) is 9.97 Å². The average Bonchev–Trinajstić information content (AvgIpc) is 2.78. The number of nitriles is 1. The molecule has 0 aliphatic heterocycles. The van der Waals surface area contributed by atoms with E-state index in [1.165, 1.54) is 37.3 Å². The van der Waals surface area contributed by atoms with Gasteiger partial charge in [0.05, 0.1) is 11.1 Å². The van der Waals surface area contributed by atoms with Gasteiger partial charge in [-0.3, -0.25) is 9.59 Å². The number of rotatable bonds is 7. The summed E-state index contributed by atoms with van der Waals surface area (Å²) in [6.45, 7) is 1.51. The van der Waals surface area contributed by atoms with Gasteiger partial charge in [-0.1, -0.05) is 0 Å². The number of primary amides is 2. The Hall–Kier alpha value is -4.66. The summed E-state index contributed by atoms with van der Waals surface area (Å²) in [5.41, 5.74) is 9.66. The summed E-state index contributed by atoms with van der Waals surface area (Å²) in [7, 11) is 0. The number of halogens is 3. The van der Waals surface area contributed by atoms with Gasteiger partial charge in [0.25, 0.3) is 5.91 Å². The zero-order valence-electron chi connectivity index (χ0n) is 17.6. The first-order valence-corrected chi connectivity index (χ1v) is 9.62. The number of hydrogen-bond acceptors (Lipinski definition) is 7. The fourth-order valence-corrected chi connectivity index (χ4v) is 2.75. The molecule has 0 aliphatic rings. The second kappa shape index (κ2) is 9.45. The number of carbonyl (C=O) groups excluding carboxylic acids is 2. The van der Waals surface area contributed by atoms with Crippen molar-refractivity contribution in [3.8, 4) is 29.0 Å². The van der Waals surface area contributed by atoms with Gasteiger partial charge in [0.1, 0.15) is 35.1 Å². The van der Waals surface area contributed by atoms with E-state index >= 15 is 0 Å². The second-order valence-corrected chi connectivity index (χ2v) is 7.04. The number of hydrogen-bond donors (Lipinski definition) is 3. The second-order valence-electron chi connectivity index (χ2n) is 7.04. The third-order valence-corrected chi connectivity index (χ3v) is 4.54. The van der Waals surface area contributed by atoms with Crippen molar-refractivity contribution in [2.75, 3.05) is 5.32 Å². The highest BCUT2D eigenvalue weighted by atomic mass is 19.4. The molecular formula is C22H17F3N6O3. The van der Waals surface area contributed by atoms with E-state index in [0.29, 0.717) is 11.6 Å². The minimum atomic E-state index is -4.59. The molecule has 0 spiro atoms. The SMILES string of the molecule is C[C@H](Nc1cc(C(N)=O)nc(-c2ccc(Oc3ccc(C(F)(F)F)cc3C#N)cc2)n1)C(N)=O. The molecule has 0 aliphatic carbocycles. The standard InChI is InChI=1S/C22H17F3N6O3/c1-11(19(27)32)29-18-9-16(20(28)33)30-21(31-18)12-2-5-15(6-3-12)34-17-7-4-14(22(23,24)25)8-13(17)10-26/h2-9,11H,1H3,(H2,27,32)(H2,28,33)(H,29,30,31)/t11-/m0/s1. The molecule has 12 heteroatoms. The summed E-state index contributed by atoms with van der Waals surface area (Å²) < 4.78 is 44.2. The van der Waals surface area contributed by atoms with Gasteiger partial charge in [-0.25, -0.2) is 9.97 Å². The fraction of sp³-hybridized carbons (Fsp3) is 0.136. The molecule has 3 rings (SSSR count). The number of carbonyl (C=O) groups is 2. The van der Waals surface area contributed by atoms with E-state index in [1.54, 1.807) is 6.07 Å². The highest BCUT2D eigenvalue weighted by molar-refractivity contribution is 5.92. The molecule has 0 bridgehead atoms. The third kappa shape index (κ3) is 5.57. The van der Waals surface area contributed by atoms with Gasteiger partial charge < -0.3 is 21.5 Å². The van der Waals surface area contributed by atoms with Gasteiger partial charge in [-0.15, -0.1) is 0 Å². The first kappa shape index (κ1) is 24.0. The summed E-state index contributed by atoms with van der Waals surface area (Å²) in [4.78, 5) is 31.3. The number of amides is 2. The van der Waals surface area contributed by atoms with Crippen LogP contribution in [0.3, 0.4) is 0 Å². The van der Waals surface area contributed by atoms with E-state index < -0.39 is 29.6 Å². The molecule has 2 aromatic carbocycles. The minimum Gasteiger partial charge on any atom is -0.456 e. The lowest BCUT2D eigenvalue weighted by molar-refractivity contribution is -0.137. The molecule has 0 radical (unpaired) electrons. The number of ether oxygens (including phenoxy) is 1. The van der Waals surface area contributed by atoms with Crippen LogP contribution in [0.2, 0.25) is 0 Å². The van der Waals surface area contributed by atoms with Crippen LogP contribution in [0.15, 0.2) is 48.5 Å². The van der Waals surface area contributed by atoms with Crippen molar-refractivity contribution in [2.24, 2.45) is 11.5 Å². The smallest absolute Gasteiger partial charge is 0.416 e. The topological polar surface area (TPSA) is 157 Å². The van der Waals surface area contributed by atoms with Crippen molar-refractivity contribution >= 4 is 17.6 Å². The lowest BCUT2D eigenvalue weighted by Gasteiger charge is -2.13. The zero-order valence-corrected chi connectivity index (χ0v) is 17.6. The first-order chi connectivity index (χ1) is 16.0. The molecule has 0 unspecified atom stereocenters. The summed E-state index contributed by atoms with van der Waals surface area (Å²) in [5.74, 6) is -1.02. The van der Waals surface area contributed by atoms with Crippen molar-refractivity contribution in [3.05, 3.63) is 65.4 Å². The Morgan fingerprint density at radius 2 is 1.76 bits per heavy atom. The van der Waals surface area contributed by atoms with Crippen LogP contribution in [0.25, 0.3) is 11.4 Å². The van der Waals surface area contributed by atoms with Gasteiger partial charge in [-0.05, 0) is 49.4 Å². The first-order valence-electron chi connectivity index (χ1n) is 9.62. The van der Waals surface area contributed by atoms with E-state index in [9.17, 15) is 28.0 Å². The van der Waals surface area contributed by atoms with Gasteiger partial charge in [-0.2, -0.15) is 18.4 Å². The summed E-state index contributed by atoms with van der Waals surface area (Å²) in [6.07, 6.45) is -4.59. The molecule has 1 heterocycles. The molecule has 174 valence electrons. The number of alkyl halides is 3. The normalized spacial score (nSPS) is 11.9. The molecule has 1 aromatic heterocycles. The number of anilines is 1. The summed E-state index contributed by atoms with van der Waals surface area (Å²) in [6, 6.07) is 10.8. The van der Waals surface area contributed by atoms with E-state index in [1.807, 2.05) is 0 Å². The lowest BCUT2D eigenvalue weighted by Crippen LogP contribution is -2.33. The summed E-state index contributed by atoms with van der Waals surface area (Å²) in [5, 5.41) is 11.9. The fourth-order valence-electron chi connectivity index (χ4n) is 2.75. The molecular weight excluding hydrogens is 453 g/mol. The van der Waals surface area contributed by atoms with Crippen molar-refractivity contribution < 1.29 is 27.5 Å². The molecule has 5 N–H and O–H groups in total. The highest BCUT2D eigenvalue weighted by Crippen LogP contribution is 2.34. The monoisotopic (exact) mass is 470 g/mol. The lowest BCUT2D eigenvalue weighted by atomic mass is 10.1. The van der Waals surface area contributed by atoms with Crippen LogP contribution in [0, 0.1) is 11.3 Å². The minimum absolute atomic E-state index is 0.0536. The highest BCUT2D eigenvalue weighted by Gasteiger charge is 2.31. The van der Waals surface area contributed by atoms with E-state index in [2.05, 4.69) is 15.3 Å². The quantitative estimate of drug-likeness (QED) is 0.478. The van der Waals surface area contributed by atoms with E-state index in [-0.39, 0.29) is 34.4 Å². The van der Waals surface area contributed by atoms with Crippen LogP contribution in [-0.4, -0.2) is 27.8 Å². The van der Waals surface area contributed by atoms with Crippen LogP contribution in [0.1, 0.15) is 28.5 Å². The molecule has 9 nitrogen and oxygen atoms in total. The summed E-state index contributed by atoms with van der Waals surface area (Å²) >= 11 is 0. The molecule has 3 aromatic rings. The van der Waals surface area contributed by atoms with Crippen LogP contribution >= 0.6 is 0 Å². The number of nitrogens with two attached hydrogens (primary N) is 2. The Bertz CT molecular complexity index is 1290.